The Morgan fingerprint density at radius 2 is 1.75 bits per heavy atom. The lowest BCUT2D eigenvalue weighted by atomic mass is 10.3. The molecule has 2 N–H and O–H groups in total. The summed E-state index contributed by atoms with van der Waals surface area (Å²) in [4.78, 5) is 0. The molecule has 90 valence electrons. The summed E-state index contributed by atoms with van der Waals surface area (Å²) in [5.74, 6) is -0.453. The lowest BCUT2D eigenvalue weighted by Gasteiger charge is -2.18. The number of nitrogens with two attached hydrogens (primary N) is 1. The minimum atomic E-state index is -4.55. The first-order valence-corrected chi connectivity index (χ1v) is 5.42. The van der Waals surface area contributed by atoms with Crippen molar-refractivity contribution in [3.63, 3.8) is 0 Å². The standard InChI is InChI=1S/C8H5Br2F4NO/c9-3-1-4(10)6(2-5(3)15)16-8(13,14)7(11)12/h1-2,7H,15H2. The third-order valence-corrected chi connectivity index (χ3v) is 2.86. The fourth-order valence-corrected chi connectivity index (χ4v) is 1.89. The van der Waals surface area contributed by atoms with E-state index >= 15 is 0 Å². The summed E-state index contributed by atoms with van der Waals surface area (Å²) in [5.41, 5.74) is 5.50. The molecule has 0 aliphatic heterocycles. The van der Waals surface area contributed by atoms with Crippen LogP contribution in [0.4, 0.5) is 23.2 Å². The summed E-state index contributed by atoms with van der Waals surface area (Å²) in [6.07, 6.45) is -8.47. The van der Waals surface area contributed by atoms with E-state index in [0.717, 1.165) is 6.07 Å². The fourth-order valence-electron chi connectivity index (χ4n) is 0.814. The molecule has 0 radical (unpaired) electrons. The summed E-state index contributed by atoms with van der Waals surface area (Å²) < 4.78 is 53.4. The SMILES string of the molecule is Nc1cc(OC(F)(F)C(F)F)c(Br)cc1Br. The molecule has 1 aromatic rings. The molecule has 0 saturated carbocycles. The molecule has 2 nitrogen and oxygen atoms in total. The maximum Gasteiger partial charge on any atom is 0.461 e. The van der Waals surface area contributed by atoms with Crippen molar-refractivity contribution >= 4 is 37.5 Å². The molecular weight excluding hydrogens is 362 g/mol. The van der Waals surface area contributed by atoms with Gasteiger partial charge in [-0.15, -0.1) is 0 Å². The molecule has 8 heteroatoms. The van der Waals surface area contributed by atoms with E-state index in [1.165, 1.54) is 6.07 Å². The van der Waals surface area contributed by atoms with Gasteiger partial charge in [-0.2, -0.15) is 17.6 Å². The van der Waals surface area contributed by atoms with Crippen LogP contribution in [0.25, 0.3) is 0 Å². The Bertz CT molecular complexity index is 400. The lowest BCUT2D eigenvalue weighted by molar-refractivity contribution is -0.253. The third kappa shape index (κ3) is 3.00. The van der Waals surface area contributed by atoms with Gasteiger partial charge in [0.2, 0.25) is 0 Å². The van der Waals surface area contributed by atoms with E-state index in [1.807, 2.05) is 0 Å². The summed E-state index contributed by atoms with van der Waals surface area (Å²) in [7, 11) is 0. The molecule has 1 aromatic carbocycles. The molecule has 0 heterocycles. The topological polar surface area (TPSA) is 35.2 Å². The predicted octanol–water partition coefficient (Wildman–Crippen LogP) is 4.03. The summed E-state index contributed by atoms with van der Waals surface area (Å²) in [6, 6.07) is 2.34. The first-order chi connectivity index (χ1) is 7.24. The monoisotopic (exact) mass is 365 g/mol. The molecule has 0 atom stereocenters. The molecule has 0 fully saturated rings. The predicted molar refractivity (Wildman–Crippen MR) is 57.8 cm³/mol. The number of nitrogen functional groups attached to an aromatic ring is 1. The highest BCUT2D eigenvalue weighted by atomic mass is 79.9. The Labute approximate surface area is 105 Å². The first-order valence-electron chi connectivity index (χ1n) is 3.83. The van der Waals surface area contributed by atoms with Gasteiger partial charge < -0.3 is 10.5 Å². The molecule has 16 heavy (non-hydrogen) atoms. The molecule has 0 unspecified atom stereocenters. The van der Waals surface area contributed by atoms with Crippen molar-refractivity contribution in [2.24, 2.45) is 0 Å². The molecule has 0 aliphatic carbocycles. The second-order valence-electron chi connectivity index (χ2n) is 2.77. The van der Waals surface area contributed by atoms with Crippen molar-refractivity contribution in [3.05, 3.63) is 21.1 Å². The third-order valence-electron chi connectivity index (χ3n) is 1.55. The zero-order valence-corrected chi connectivity index (χ0v) is 10.7. The number of rotatable bonds is 3. The van der Waals surface area contributed by atoms with Gasteiger partial charge in [0.25, 0.3) is 0 Å². The van der Waals surface area contributed by atoms with Crippen molar-refractivity contribution in [2.75, 3.05) is 5.73 Å². The van der Waals surface area contributed by atoms with Crippen molar-refractivity contribution in [2.45, 2.75) is 12.5 Å². The molecule has 0 aliphatic rings. The minimum Gasteiger partial charge on any atom is -0.427 e. The van der Waals surface area contributed by atoms with Crippen molar-refractivity contribution in [1.82, 2.24) is 0 Å². The summed E-state index contributed by atoms with van der Waals surface area (Å²) >= 11 is 5.94. The van der Waals surface area contributed by atoms with Crippen molar-refractivity contribution in [3.8, 4) is 5.75 Å². The molecule has 0 saturated heterocycles. The van der Waals surface area contributed by atoms with Gasteiger partial charge in [0.15, 0.2) is 0 Å². The van der Waals surface area contributed by atoms with Crippen LogP contribution in [0.15, 0.2) is 21.1 Å². The highest BCUT2D eigenvalue weighted by Gasteiger charge is 2.44. The lowest BCUT2D eigenvalue weighted by Crippen LogP contribution is -2.33. The number of ether oxygens (including phenoxy) is 1. The van der Waals surface area contributed by atoms with Crippen LogP contribution in [0.1, 0.15) is 0 Å². The number of hydrogen-bond acceptors (Lipinski definition) is 2. The van der Waals surface area contributed by atoms with Crippen LogP contribution in [0.3, 0.4) is 0 Å². The second kappa shape index (κ2) is 4.79. The van der Waals surface area contributed by atoms with Crippen LogP contribution in [0.2, 0.25) is 0 Å². The number of alkyl halides is 4. The number of hydrogen-bond donors (Lipinski definition) is 1. The Morgan fingerprint density at radius 3 is 2.25 bits per heavy atom. The van der Waals surface area contributed by atoms with Gasteiger partial charge in [-0.05, 0) is 37.9 Å². The van der Waals surface area contributed by atoms with Crippen LogP contribution in [0.5, 0.6) is 5.75 Å². The zero-order valence-electron chi connectivity index (χ0n) is 7.49. The number of halogens is 6. The smallest absolute Gasteiger partial charge is 0.427 e. The Kier molecular flexibility index (Phi) is 4.06. The minimum absolute atomic E-state index is 0.0916. The molecule has 1 rings (SSSR count). The van der Waals surface area contributed by atoms with Crippen LogP contribution in [0, 0.1) is 0 Å². The van der Waals surface area contributed by atoms with Gasteiger partial charge in [0.1, 0.15) is 5.75 Å². The van der Waals surface area contributed by atoms with Crippen LogP contribution in [-0.4, -0.2) is 12.5 Å². The molecule has 0 aromatic heterocycles. The molecule has 0 bridgehead atoms. The van der Waals surface area contributed by atoms with E-state index in [2.05, 4.69) is 36.6 Å². The Hall–Kier alpha value is -0.500. The maximum absolute atomic E-state index is 12.6. The molecule has 0 amide bonds. The van der Waals surface area contributed by atoms with E-state index in [0.29, 0.717) is 4.47 Å². The normalized spacial score (nSPS) is 11.9. The van der Waals surface area contributed by atoms with Gasteiger partial charge in [0, 0.05) is 16.2 Å². The summed E-state index contributed by atoms with van der Waals surface area (Å²) in [6.45, 7) is 0. The van der Waals surface area contributed by atoms with E-state index < -0.39 is 18.3 Å². The summed E-state index contributed by atoms with van der Waals surface area (Å²) in [5, 5.41) is 0. The number of benzene rings is 1. The fraction of sp³-hybridized carbons (Fsp3) is 0.250. The highest BCUT2D eigenvalue weighted by Crippen LogP contribution is 2.37. The van der Waals surface area contributed by atoms with Crippen LogP contribution < -0.4 is 10.5 Å². The zero-order chi connectivity index (χ0) is 12.5. The second-order valence-corrected chi connectivity index (χ2v) is 4.48. The average Bonchev–Trinajstić information content (AvgIpc) is 2.13. The van der Waals surface area contributed by atoms with Crippen molar-refractivity contribution in [1.29, 1.82) is 0 Å². The van der Waals surface area contributed by atoms with E-state index in [-0.39, 0.29) is 10.2 Å². The van der Waals surface area contributed by atoms with E-state index in [9.17, 15) is 17.6 Å². The van der Waals surface area contributed by atoms with E-state index in [4.69, 9.17) is 5.73 Å². The Balaban J connectivity index is 3.02. The van der Waals surface area contributed by atoms with Gasteiger partial charge in [-0.25, -0.2) is 0 Å². The van der Waals surface area contributed by atoms with Gasteiger partial charge in [-0.3, -0.25) is 0 Å². The largest absolute Gasteiger partial charge is 0.461 e. The Morgan fingerprint density at radius 1 is 1.19 bits per heavy atom. The van der Waals surface area contributed by atoms with Crippen LogP contribution >= 0.6 is 31.9 Å². The van der Waals surface area contributed by atoms with Gasteiger partial charge >= 0.3 is 12.5 Å². The van der Waals surface area contributed by atoms with Gasteiger partial charge in [-0.1, -0.05) is 0 Å². The highest BCUT2D eigenvalue weighted by molar-refractivity contribution is 9.11. The number of anilines is 1. The average molecular weight is 367 g/mol. The first kappa shape index (κ1) is 13.6. The van der Waals surface area contributed by atoms with Crippen LogP contribution in [-0.2, 0) is 0 Å². The van der Waals surface area contributed by atoms with Crippen molar-refractivity contribution < 1.29 is 22.3 Å². The maximum atomic E-state index is 12.6. The molecular formula is C8H5Br2F4NO. The van der Waals surface area contributed by atoms with E-state index in [1.54, 1.807) is 0 Å². The quantitative estimate of drug-likeness (QED) is 0.647. The van der Waals surface area contributed by atoms with Gasteiger partial charge in [0.05, 0.1) is 4.47 Å². The molecule has 0 spiro atoms.